The molecular weight excluding hydrogens is 254 g/mol. The van der Waals surface area contributed by atoms with Gasteiger partial charge in [-0.05, 0) is 31.9 Å². The molecule has 0 saturated heterocycles. The van der Waals surface area contributed by atoms with Crippen LogP contribution in [0, 0.1) is 0 Å². The normalized spacial score (nSPS) is 12.7. The topological polar surface area (TPSA) is 3.24 Å². The molecule has 0 spiro atoms. The molecular formula is C20H27N. The summed E-state index contributed by atoms with van der Waals surface area (Å²) < 4.78 is 0. The Labute approximate surface area is 130 Å². The highest BCUT2D eigenvalue weighted by molar-refractivity contribution is 5.24. The van der Waals surface area contributed by atoms with E-state index in [0.29, 0.717) is 0 Å². The number of benzene rings is 1. The van der Waals surface area contributed by atoms with E-state index in [4.69, 9.17) is 0 Å². The van der Waals surface area contributed by atoms with E-state index in [-0.39, 0.29) is 0 Å². The van der Waals surface area contributed by atoms with Gasteiger partial charge in [0.15, 0.2) is 0 Å². The van der Waals surface area contributed by atoms with Gasteiger partial charge in [-0.15, -0.1) is 0 Å². The lowest BCUT2D eigenvalue weighted by Crippen LogP contribution is -2.27. The van der Waals surface area contributed by atoms with Gasteiger partial charge in [-0.25, -0.2) is 0 Å². The van der Waals surface area contributed by atoms with Crippen molar-refractivity contribution in [3.8, 4) is 0 Å². The first kappa shape index (κ1) is 17.2. The third-order valence-corrected chi connectivity index (χ3v) is 3.13. The highest BCUT2D eigenvalue weighted by Crippen LogP contribution is 2.10. The standard InChI is InChI=1S/C20H27N/c1-5-7-9-12-19(6-2)16-21(15-18(3)4)17-20-13-10-8-11-14-20/h5-14H,3,15-17H2,1-2,4H3/b7-5-,12-9-,19-6+. The fraction of sp³-hybridized carbons (Fsp3) is 0.300. The van der Waals surface area contributed by atoms with E-state index >= 15 is 0 Å². The van der Waals surface area contributed by atoms with Gasteiger partial charge in [0, 0.05) is 19.6 Å². The van der Waals surface area contributed by atoms with Crippen molar-refractivity contribution in [2.75, 3.05) is 13.1 Å². The highest BCUT2D eigenvalue weighted by Gasteiger charge is 2.07. The molecule has 0 aliphatic carbocycles. The molecule has 112 valence electrons. The molecule has 1 nitrogen and oxygen atoms in total. The van der Waals surface area contributed by atoms with Gasteiger partial charge in [-0.3, -0.25) is 4.90 Å². The summed E-state index contributed by atoms with van der Waals surface area (Å²) in [5.74, 6) is 0. The summed E-state index contributed by atoms with van der Waals surface area (Å²) in [5, 5.41) is 0. The Bertz CT molecular complexity index is 506. The van der Waals surface area contributed by atoms with Crippen molar-refractivity contribution >= 4 is 0 Å². The smallest absolute Gasteiger partial charge is 0.0240 e. The Kier molecular flexibility index (Phi) is 8.15. The lowest BCUT2D eigenvalue weighted by molar-refractivity contribution is 0.315. The molecule has 1 rings (SSSR count). The molecule has 0 amide bonds. The van der Waals surface area contributed by atoms with E-state index in [0.717, 1.165) is 19.6 Å². The van der Waals surface area contributed by atoms with Crippen molar-refractivity contribution in [1.82, 2.24) is 4.90 Å². The first-order valence-corrected chi connectivity index (χ1v) is 7.51. The summed E-state index contributed by atoms with van der Waals surface area (Å²) in [7, 11) is 0. The molecule has 0 atom stereocenters. The van der Waals surface area contributed by atoms with Crippen LogP contribution in [0.4, 0.5) is 0 Å². The van der Waals surface area contributed by atoms with E-state index < -0.39 is 0 Å². The maximum atomic E-state index is 4.05. The first-order valence-electron chi connectivity index (χ1n) is 7.51. The first-order chi connectivity index (χ1) is 10.2. The number of hydrogen-bond acceptors (Lipinski definition) is 1. The van der Waals surface area contributed by atoms with Crippen LogP contribution in [-0.4, -0.2) is 18.0 Å². The van der Waals surface area contributed by atoms with Gasteiger partial charge in [0.05, 0.1) is 0 Å². The molecule has 0 heterocycles. The minimum atomic E-state index is 0.920. The molecule has 1 heteroatoms. The largest absolute Gasteiger partial charge is 0.291 e. The number of nitrogens with zero attached hydrogens (tertiary/aromatic N) is 1. The Balaban J connectivity index is 2.75. The van der Waals surface area contributed by atoms with Crippen molar-refractivity contribution in [3.05, 3.63) is 84.0 Å². The second-order valence-corrected chi connectivity index (χ2v) is 5.34. The van der Waals surface area contributed by atoms with Gasteiger partial charge in [-0.1, -0.05) is 72.9 Å². The van der Waals surface area contributed by atoms with Crippen LogP contribution >= 0.6 is 0 Å². The zero-order valence-corrected chi connectivity index (χ0v) is 13.5. The Hall–Kier alpha value is -1.86. The zero-order valence-electron chi connectivity index (χ0n) is 13.5. The van der Waals surface area contributed by atoms with Crippen LogP contribution in [0.15, 0.2) is 78.4 Å². The van der Waals surface area contributed by atoms with Crippen LogP contribution in [0.3, 0.4) is 0 Å². The van der Waals surface area contributed by atoms with Crippen molar-refractivity contribution in [2.24, 2.45) is 0 Å². The quantitative estimate of drug-likeness (QED) is 0.471. The molecule has 0 saturated carbocycles. The van der Waals surface area contributed by atoms with Crippen LogP contribution in [0.2, 0.25) is 0 Å². The third-order valence-electron chi connectivity index (χ3n) is 3.13. The van der Waals surface area contributed by atoms with Gasteiger partial charge >= 0.3 is 0 Å². The van der Waals surface area contributed by atoms with Crippen LogP contribution in [0.25, 0.3) is 0 Å². The van der Waals surface area contributed by atoms with Crippen LogP contribution in [0.5, 0.6) is 0 Å². The molecule has 0 fully saturated rings. The highest BCUT2D eigenvalue weighted by atomic mass is 15.1. The molecule has 0 bridgehead atoms. The number of hydrogen-bond donors (Lipinski definition) is 0. The average Bonchev–Trinajstić information content (AvgIpc) is 2.46. The molecule has 0 aliphatic rings. The van der Waals surface area contributed by atoms with E-state index in [1.54, 1.807) is 0 Å². The fourth-order valence-electron chi connectivity index (χ4n) is 2.18. The Morgan fingerprint density at radius 2 is 1.81 bits per heavy atom. The number of rotatable bonds is 8. The van der Waals surface area contributed by atoms with E-state index in [9.17, 15) is 0 Å². The molecule has 0 radical (unpaired) electrons. The van der Waals surface area contributed by atoms with Gasteiger partial charge in [0.1, 0.15) is 0 Å². The van der Waals surface area contributed by atoms with Crippen molar-refractivity contribution in [2.45, 2.75) is 27.3 Å². The molecule has 0 N–H and O–H groups in total. The molecule has 1 aromatic carbocycles. The fourth-order valence-corrected chi connectivity index (χ4v) is 2.18. The van der Waals surface area contributed by atoms with Gasteiger partial charge in [-0.2, -0.15) is 0 Å². The van der Waals surface area contributed by atoms with Crippen molar-refractivity contribution in [1.29, 1.82) is 0 Å². The summed E-state index contributed by atoms with van der Waals surface area (Å²) in [5.41, 5.74) is 3.86. The number of allylic oxidation sites excluding steroid dienone is 4. The minimum Gasteiger partial charge on any atom is -0.291 e. The predicted molar refractivity (Wildman–Crippen MR) is 94.2 cm³/mol. The van der Waals surface area contributed by atoms with Crippen LogP contribution < -0.4 is 0 Å². The summed E-state index contributed by atoms with van der Waals surface area (Å²) in [6.45, 7) is 13.1. The average molecular weight is 281 g/mol. The van der Waals surface area contributed by atoms with Gasteiger partial charge in [0.25, 0.3) is 0 Å². The molecule has 0 unspecified atom stereocenters. The zero-order chi connectivity index (χ0) is 15.5. The second kappa shape index (κ2) is 9.95. The van der Waals surface area contributed by atoms with Gasteiger partial charge < -0.3 is 0 Å². The third kappa shape index (κ3) is 7.48. The molecule has 1 aromatic rings. The van der Waals surface area contributed by atoms with Crippen molar-refractivity contribution in [3.63, 3.8) is 0 Å². The van der Waals surface area contributed by atoms with E-state index in [1.807, 2.05) is 13.0 Å². The summed E-state index contributed by atoms with van der Waals surface area (Å²) in [6.07, 6.45) is 10.5. The Morgan fingerprint density at radius 3 is 2.38 bits per heavy atom. The Morgan fingerprint density at radius 1 is 1.10 bits per heavy atom. The van der Waals surface area contributed by atoms with Crippen LogP contribution in [-0.2, 0) is 6.54 Å². The minimum absolute atomic E-state index is 0.920. The lowest BCUT2D eigenvalue weighted by atomic mass is 10.1. The molecule has 21 heavy (non-hydrogen) atoms. The summed E-state index contributed by atoms with van der Waals surface area (Å²) >= 11 is 0. The maximum Gasteiger partial charge on any atom is 0.0240 e. The SMILES string of the molecule is C=C(C)CN(CC(/C=C\C=C/C)=C/C)Cc1ccccc1. The van der Waals surface area contributed by atoms with Gasteiger partial charge in [0.2, 0.25) is 0 Å². The van der Waals surface area contributed by atoms with E-state index in [2.05, 4.69) is 80.0 Å². The summed E-state index contributed by atoms with van der Waals surface area (Å²) in [4.78, 5) is 2.42. The maximum absolute atomic E-state index is 4.05. The molecule has 0 aromatic heterocycles. The predicted octanol–water partition coefficient (Wildman–Crippen LogP) is 5.14. The lowest BCUT2D eigenvalue weighted by Gasteiger charge is -2.23. The second-order valence-electron chi connectivity index (χ2n) is 5.34. The monoisotopic (exact) mass is 281 g/mol. The molecule has 0 aliphatic heterocycles. The van der Waals surface area contributed by atoms with E-state index in [1.165, 1.54) is 16.7 Å². The summed E-state index contributed by atoms with van der Waals surface area (Å²) in [6, 6.07) is 10.6. The van der Waals surface area contributed by atoms with Crippen molar-refractivity contribution < 1.29 is 0 Å². The van der Waals surface area contributed by atoms with Crippen LogP contribution in [0.1, 0.15) is 26.3 Å².